The lowest BCUT2D eigenvalue weighted by atomic mass is 9.83. The highest BCUT2D eigenvalue weighted by Gasteiger charge is 2.19. The van der Waals surface area contributed by atoms with E-state index in [9.17, 15) is 4.79 Å². The number of aryl methyl sites for hydroxylation is 1. The molecule has 1 saturated carbocycles. The summed E-state index contributed by atoms with van der Waals surface area (Å²) >= 11 is 3.43. The van der Waals surface area contributed by atoms with Crippen molar-refractivity contribution < 1.29 is 4.79 Å². The van der Waals surface area contributed by atoms with Crippen molar-refractivity contribution in [1.82, 2.24) is 9.88 Å². The van der Waals surface area contributed by atoms with Gasteiger partial charge in [-0.3, -0.25) is 4.79 Å². The minimum atomic E-state index is 0.0474. The normalized spacial score (nSPS) is 23.3. The molecule has 0 unspecified atom stereocenters. The predicted molar refractivity (Wildman–Crippen MR) is 81.3 cm³/mol. The predicted octanol–water partition coefficient (Wildman–Crippen LogP) is 3.83. The van der Waals surface area contributed by atoms with Gasteiger partial charge in [0.05, 0.1) is 0 Å². The van der Waals surface area contributed by atoms with Gasteiger partial charge in [-0.2, -0.15) is 0 Å². The molecule has 1 N–H and O–H groups in total. The Hall–Kier alpha value is -0.770. The van der Waals surface area contributed by atoms with Crippen molar-refractivity contribution in [3.05, 3.63) is 22.4 Å². The Balaban J connectivity index is 1.87. The standard InChI is InChI=1S/C15H23BrN2O/c1-3-18-10-13(16)8-14(18)15(19)17-9-12-6-4-11(2)5-7-12/h8,10-12H,3-7,9H2,1-2H3,(H,17,19). The van der Waals surface area contributed by atoms with E-state index in [4.69, 9.17) is 0 Å². The van der Waals surface area contributed by atoms with Crippen molar-refractivity contribution in [3.8, 4) is 0 Å². The van der Waals surface area contributed by atoms with E-state index >= 15 is 0 Å². The highest BCUT2D eigenvalue weighted by atomic mass is 79.9. The summed E-state index contributed by atoms with van der Waals surface area (Å²) in [5, 5.41) is 3.09. The maximum atomic E-state index is 12.2. The summed E-state index contributed by atoms with van der Waals surface area (Å²) in [5.41, 5.74) is 0.749. The van der Waals surface area contributed by atoms with Gasteiger partial charge in [0, 0.05) is 23.8 Å². The average Bonchev–Trinajstić information content (AvgIpc) is 2.79. The van der Waals surface area contributed by atoms with Gasteiger partial charge in [0.15, 0.2) is 0 Å². The maximum Gasteiger partial charge on any atom is 0.267 e. The van der Waals surface area contributed by atoms with Crippen LogP contribution in [0.4, 0.5) is 0 Å². The minimum Gasteiger partial charge on any atom is -0.350 e. The van der Waals surface area contributed by atoms with Crippen molar-refractivity contribution >= 4 is 21.8 Å². The Morgan fingerprint density at radius 1 is 1.42 bits per heavy atom. The largest absolute Gasteiger partial charge is 0.350 e. The first-order chi connectivity index (χ1) is 9.10. The summed E-state index contributed by atoms with van der Waals surface area (Å²) in [7, 11) is 0. The molecule has 106 valence electrons. The van der Waals surface area contributed by atoms with Crippen LogP contribution >= 0.6 is 15.9 Å². The first-order valence-corrected chi connectivity index (χ1v) is 8.03. The number of halogens is 1. The van der Waals surface area contributed by atoms with Crippen LogP contribution in [0.5, 0.6) is 0 Å². The summed E-state index contributed by atoms with van der Waals surface area (Å²) in [6, 6.07) is 1.89. The third-order valence-corrected chi connectivity index (χ3v) is 4.56. The number of nitrogens with one attached hydrogen (secondary N) is 1. The van der Waals surface area contributed by atoms with Gasteiger partial charge < -0.3 is 9.88 Å². The van der Waals surface area contributed by atoms with E-state index < -0.39 is 0 Å². The van der Waals surface area contributed by atoms with Crippen molar-refractivity contribution in [2.75, 3.05) is 6.54 Å². The molecule has 0 aromatic carbocycles. The van der Waals surface area contributed by atoms with Crippen molar-refractivity contribution in [1.29, 1.82) is 0 Å². The lowest BCUT2D eigenvalue weighted by molar-refractivity contribution is 0.0932. The molecule has 3 nitrogen and oxygen atoms in total. The number of rotatable bonds is 4. The van der Waals surface area contributed by atoms with E-state index in [0.29, 0.717) is 5.92 Å². The quantitative estimate of drug-likeness (QED) is 0.896. The third-order valence-electron chi connectivity index (χ3n) is 4.12. The molecule has 19 heavy (non-hydrogen) atoms. The van der Waals surface area contributed by atoms with Crippen LogP contribution in [0.25, 0.3) is 0 Å². The molecule has 1 aromatic heterocycles. The first-order valence-electron chi connectivity index (χ1n) is 7.24. The highest BCUT2D eigenvalue weighted by Crippen LogP contribution is 2.27. The number of hydrogen-bond acceptors (Lipinski definition) is 1. The van der Waals surface area contributed by atoms with Gasteiger partial charge in [-0.15, -0.1) is 0 Å². The summed E-state index contributed by atoms with van der Waals surface area (Å²) in [5.74, 6) is 1.57. The molecule has 0 bridgehead atoms. The fourth-order valence-corrected chi connectivity index (χ4v) is 3.25. The molecule has 0 radical (unpaired) electrons. The van der Waals surface area contributed by atoms with Gasteiger partial charge in [-0.05, 0) is 53.6 Å². The minimum absolute atomic E-state index is 0.0474. The lowest BCUT2D eigenvalue weighted by Gasteiger charge is -2.26. The summed E-state index contributed by atoms with van der Waals surface area (Å²) < 4.78 is 2.94. The van der Waals surface area contributed by atoms with E-state index in [1.807, 2.05) is 23.8 Å². The topological polar surface area (TPSA) is 34.0 Å². The van der Waals surface area contributed by atoms with E-state index in [0.717, 1.165) is 29.2 Å². The van der Waals surface area contributed by atoms with Crippen LogP contribution in [0.2, 0.25) is 0 Å². The van der Waals surface area contributed by atoms with Gasteiger partial charge in [0.25, 0.3) is 5.91 Å². The maximum absolute atomic E-state index is 12.2. The molecule has 4 heteroatoms. The van der Waals surface area contributed by atoms with Crippen molar-refractivity contribution in [3.63, 3.8) is 0 Å². The van der Waals surface area contributed by atoms with Crippen LogP contribution in [0.15, 0.2) is 16.7 Å². The van der Waals surface area contributed by atoms with E-state index in [1.54, 1.807) is 0 Å². The Morgan fingerprint density at radius 2 is 2.11 bits per heavy atom. The smallest absolute Gasteiger partial charge is 0.267 e. The molecular weight excluding hydrogens is 304 g/mol. The van der Waals surface area contributed by atoms with Crippen LogP contribution in [-0.2, 0) is 6.54 Å². The van der Waals surface area contributed by atoms with Crippen LogP contribution in [0, 0.1) is 11.8 Å². The van der Waals surface area contributed by atoms with Gasteiger partial charge >= 0.3 is 0 Å². The van der Waals surface area contributed by atoms with Gasteiger partial charge in [0.1, 0.15) is 5.69 Å². The van der Waals surface area contributed by atoms with Crippen LogP contribution in [0.3, 0.4) is 0 Å². The van der Waals surface area contributed by atoms with E-state index in [1.165, 1.54) is 25.7 Å². The Morgan fingerprint density at radius 3 is 2.74 bits per heavy atom. The molecule has 2 rings (SSSR count). The molecule has 1 heterocycles. The molecule has 1 aromatic rings. The molecule has 0 atom stereocenters. The molecule has 0 spiro atoms. The second-order valence-corrected chi connectivity index (χ2v) is 6.58. The lowest BCUT2D eigenvalue weighted by Crippen LogP contribution is -2.32. The van der Waals surface area contributed by atoms with Crippen LogP contribution in [-0.4, -0.2) is 17.0 Å². The number of carbonyl (C=O) groups excluding carboxylic acids is 1. The van der Waals surface area contributed by atoms with Crippen molar-refractivity contribution in [2.45, 2.75) is 46.1 Å². The number of aromatic nitrogens is 1. The van der Waals surface area contributed by atoms with Gasteiger partial charge in [0.2, 0.25) is 0 Å². The first kappa shape index (κ1) is 14.6. The number of carbonyl (C=O) groups is 1. The van der Waals surface area contributed by atoms with Gasteiger partial charge in [-0.25, -0.2) is 0 Å². The second-order valence-electron chi connectivity index (χ2n) is 5.67. The highest BCUT2D eigenvalue weighted by molar-refractivity contribution is 9.10. The SMILES string of the molecule is CCn1cc(Br)cc1C(=O)NCC1CCC(C)CC1. The average molecular weight is 327 g/mol. The monoisotopic (exact) mass is 326 g/mol. The summed E-state index contributed by atoms with van der Waals surface area (Å²) in [6.07, 6.45) is 7.06. The summed E-state index contributed by atoms with van der Waals surface area (Å²) in [6.45, 7) is 6.00. The Labute approximate surface area is 123 Å². The van der Waals surface area contributed by atoms with Crippen LogP contribution in [0.1, 0.15) is 50.0 Å². The zero-order valence-corrected chi connectivity index (χ0v) is 13.4. The van der Waals surface area contributed by atoms with Crippen molar-refractivity contribution in [2.24, 2.45) is 11.8 Å². The third kappa shape index (κ3) is 3.85. The van der Waals surface area contributed by atoms with E-state index in [-0.39, 0.29) is 5.91 Å². The zero-order valence-electron chi connectivity index (χ0n) is 11.8. The Kier molecular flexibility index (Phi) is 5.08. The molecular formula is C15H23BrN2O. The van der Waals surface area contributed by atoms with Gasteiger partial charge in [-0.1, -0.05) is 19.8 Å². The number of amides is 1. The fourth-order valence-electron chi connectivity index (χ4n) is 2.79. The molecule has 1 aliphatic carbocycles. The Bertz CT molecular complexity index is 433. The van der Waals surface area contributed by atoms with E-state index in [2.05, 4.69) is 28.2 Å². The molecule has 1 amide bonds. The fraction of sp³-hybridized carbons (Fsp3) is 0.667. The zero-order chi connectivity index (χ0) is 13.8. The second kappa shape index (κ2) is 6.60. The summed E-state index contributed by atoms with van der Waals surface area (Å²) in [4.78, 5) is 12.2. The molecule has 1 fully saturated rings. The molecule has 1 aliphatic rings. The molecule has 0 aliphatic heterocycles. The number of hydrogen-bond donors (Lipinski definition) is 1. The van der Waals surface area contributed by atoms with Crippen LogP contribution < -0.4 is 5.32 Å². The molecule has 0 saturated heterocycles. The number of nitrogens with zero attached hydrogens (tertiary/aromatic N) is 1.